The minimum absolute atomic E-state index is 0.0789. The number of nitrogens with zero attached hydrogens (tertiary/aromatic N) is 2. The van der Waals surface area contributed by atoms with E-state index in [0.717, 1.165) is 69.8 Å². The summed E-state index contributed by atoms with van der Waals surface area (Å²) in [5.74, 6) is -0.908. The van der Waals surface area contributed by atoms with E-state index in [9.17, 15) is 28.8 Å². The van der Waals surface area contributed by atoms with E-state index in [4.69, 9.17) is 0 Å². The summed E-state index contributed by atoms with van der Waals surface area (Å²) in [4.78, 5) is 86.4. The predicted octanol–water partition coefficient (Wildman–Crippen LogP) is 6.60. The third kappa shape index (κ3) is 12.2. The van der Waals surface area contributed by atoms with Crippen LogP contribution in [0.2, 0.25) is 0 Å². The number of likely N-dealkylation sites (tertiary alicyclic amines) is 2. The summed E-state index contributed by atoms with van der Waals surface area (Å²) in [6.07, 6.45) is 14.0. The lowest BCUT2D eigenvalue weighted by atomic mass is 9.79. The van der Waals surface area contributed by atoms with E-state index in [1.54, 1.807) is 16.8 Å². The van der Waals surface area contributed by atoms with Crippen molar-refractivity contribution in [3.63, 3.8) is 0 Å². The van der Waals surface area contributed by atoms with Gasteiger partial charge < -0.3 is 31.1 Å². The van der Waals surface area contributed by atoms with E-state index < -0.39 is 30.2 Å². The van der Waals surface area contributed by atoms with Gasteiger partial charge in [0.2, 0.25) is 29.5 Å². The number of fused-ring (bicyclic) bond motifs is 2. The molecule has 344 valence electrons. The first kappa shape index (κ1) is 47.9. The highest BCUT2D eigenvalue weighted by atomic mass is 16.2. The van der Waals surface area contributed by atoms with Crippen LogP contribution >= 0.6 is 0 Å². The number of Topliss-reactive ketones (excluding diaryl/α,β-unsaturated/α-hetero) is 1. The van der Waals surface area contributed by atoms with Crippen LogP contribution in [0.15, 0.2) is 48.5 Å². The van der Waals surface area contributed by atoms with E-state index in [1.165, 1.54) is 16.7 Å². The maximum absolute atomic E-state index is 14.3. The predicted molar refractivity (Wildman–Crippen MR) is 246 cm³/mol. The number of aryl methyl sites for hydroxylation is 2. The summed E-state index contributed by atoms with van der Waals surface area (Å²) < 4.78 is 0. The first-order chi connectivity index (χ1) is 30.5. The molecule has 4 N–H and O–H groups in total. The number of benzene rings is 2. The second-order valence-electron chi connectivity index (χ2n) is 18.7. The van der Waals surface area contributed by atoms with Gasteiger partial charge in [0, 0.05) is 25.4 Å². The lowest BCUT2D eigenvalue weighted by Gasteiger charge is -2.32. The SMILES string of the molecule is CC[C@H](NC)C(=O)N[C@@H](CCCCCC[C@H](NC(=O)[C@@H](C)CC)C(=O)N1CCC[C@H]1C(=O)N[C@@H]1CCCc2ccccc21)C(=O)N1CCC[C@H]1C(=O)C[C@@H]1CCCc2ccccc21. The van der Waals surface area contributed by atoms with Crippen molar-refractivity contribution in [1.82, 2.24) is 31.1 Å². The molecule has 0 unspecified atom stereocenters. The van der Waals surface area contributed by atoms with Gasteiger partial charge in [0.1, 0.15) is 18.1 Å². The molecule has 12 heteroatoms. The van der Waals surface area contributed by atoms with E-state index in [0.29, 0.717) is 70.9 Å². The Kier molecular flexibility index (Phi) is 17.8. The molecule has 2 heterocycles. The van der Waals surface area contributed by atoms with Crippen LogP contribution in [0.3, 0.4) is 0 Å². The number of carbonyl (C=O) groups is 6. The molecule has 6 rings (SSSR count). The molecule has 2 aliphatic carbocycles. The van der Waals surface area contributed by atoms with Gasteiger partial charge >= 0.3 is 0 Å². The highest BCUT2D eigenvalue weighted by molar-refractivity contribution is 5.95. The van der Waals surface area contributed by atoms with E-state index >= 15 is 0 Å². The maximum Gasteiger partial charge on any atom is 0.245 e. The normalized spacial score (nSPS) is 22.5. The molecule has 0 spiro atoms. The number of unbranched alkanes of at least 4 members (excludes halogenated alkanes) is 3. The van der Waals surface area contributed by atoms with Crippen molar-refractivity contribution in [2.45, 2.75) is 185 Å². The molecular formula is C51H74N6O6. The highest BCUT2D eigenvalue weighted by Crippen LogP contribution is 2.36. The van der Waals surface area contributed by atoms with Crippen LogP contribution in [0, 0.1) is 5.92 Å². The zero-order valence-corrected chi connectivity index (χ0v) is 38.4. The van der Waals surface area contributed by atoms with Gasteiger partial charge in [0.25, 0.3) is 0 Å². The number of hydrogen-bond acceptors (Lipinski definition) is 7. The molecule has 63 heavy (non-hydrogen) atoms. The van der Waals surface area contributed by atoms with Gasteiger partial charge in [-0.15, -0.1) is 0 Å². The van der Waals surface area contributed by atoms with Crippen LogP contribution in [-0.4, -0.2) is 95.5 Å². The van der Waals surface area contributed by atoms with Crippen molar-refractivity contribution >= 4 is 35.3 Å². The van der Waals surface area contributed by atoms with Gasteiger partial charge in [-0.25, -0.2) is 0 Å². The minimum Gasteiger partial charge on any atom is -0.347 e. The quantitative estimate of drug-likeness (QED) is 0.103. The standard InChI is InChI=1S/C51H74N6O6/c1-5-34(3)47(59)54-42(51(63)57-32-18-30-45(57)49(61)53-41-28-16-22-36-20-12-14-25-39(36)41)26-9-7-8-10-27-43(55-48(60)40(6-2)52-4)50(62)56-31-17-29-44(56)46(58)33-37-23-15-21-35-19-11-13-24-38(35)37/h11-14,19-20,24-25,34,37,40-45,52H,5-10,15-18,21-23,26-33H2,1-4H3,(H,53,61)(H,54,59)(H,55,60)/t34-,37-,40-,41+,42-,43-,44-,45-/m0/s1. The van der Waals surface area contributed by atoms with Crippen molar-refractivity contribution in [2.24, 2.45) is 5.92 Å². The Labute approximate surface area is 375 Å². The molecular weight excluding hydrogens is 793 g/mol. The Morgan fingerprint density at radius 2 is 1.19 bits per heavy atom. The zero-order valence-electron chi connectivity index (χ0n) is 38.4. The number of rotatable bonds is 21. The molecule has 4 aliphatic rings. The summed E-state index contributed by atoms with van der Waals surface area (Å²) in [6.45, 7) is 6.70. The molecule has 2 aromatic rings. The number of carbonyl (C=O) groups excluding carboxylic acids is 6. The monoisotopic (exact) mass is 867 g/mol. The Morgan fingerprint density at radius 3 is 1.81 bits per heavy atom. The Morgan fingerprint density at radius 1 is 0.635 bits per heavy atom. The molecule has 5 amide bonds. The van der Waals surface area contributed by atoms with Gasteiger partial charge in [0.05, 0.1) is 18.1 Å². The van der Waals surface area contributed by atoms with Gasteiger partial charge in [-0.3, -0.25) is 28.8 Å². The van der Waals surface area contributed by atoms with Gasteiger partial charge in [0.15, 0.2) is 5.78 Å². The average molecular weight is 867 g/mol. The van der Waals surface area contributed by atoms with E-state index in [-0.39, 0.29) is 53.2 Å². The van der Waals surface area contributed by atoms with Crippen LogP contribution < -0.4 is 21.3 Å². The third-order valence-electron chi connectivity index (χ3n) is 14.5. The summed E-state index contributed by atoms with van der Waals surface area (Å²) >= 11 is 0. The Hall–Kier alpha value is -4.58. The fourth-order valence-electron chi connectivity index (χ4n) is 10.5. The van der Waals surface area contributed by atoms with E-state index in [2.05, 4.69) is 51.6 Å². The molecule has 12 nitrogen and oxygen atoms in total. The fraction of sp³-hybridized carbons (Fsp3) is 0.647. The van der Waals surface area contributed by atoms with Crippen molar-refractivity contribution in [3.05, 3.63) is 70.8 Å². The van der Waals surface area contributed by atoms with Crippen LogP contribution in [0.5, 0.6) is 0 Å². The molecule has 2 saturated heterocycles. The number of hydrogen-bond donors (Lipinski definition) is 4. The van der Waals surface area contributed by atoms with Crippen molar-refractivity contribution in [1.29, 1.82) is 0 Å². The van der Waals surface area contributed by atoms with Crippen molar-refractivity contribution in [3.8, 4) is 0 Å². The molecule has 0 aromatic heterocycles. The summed E-state index contributed by atoms with van der Waals surface area (Å²) in [5.41, 5.74) is 4.99. The summed E-state index contributed by atoms with van der Waals surface area (Å²) in [6, 6.07) is 13.6. The Bertz CT molecular complexity index is 1900. The largest absolute Gasteiger partial charge is 0.347 e. The molecule has 2 aromatic carbocycles. The molecule has 0 saturated carbocycles. The fourth-order valence-corrected chi connectivity index (χ4v) is 10.5. The number of ketones is 1. The van der Waals surface area contributed by atoms with Gasteiger partial charge in [-0.2, -0.15) is 0 Å². The Balaban J connectivity index is 1.05. The summed E-state index contributed by atoms with van der Waals surface area (Å²) in [5, 5.41) is 12.4. The third-order valence-corrected chi connectivity index (χ3v) is 14.5. The molecule has 0 radical (unpaired) electrons. The first-order valence-electron chi connectivity index (χ1n) is 24.4. The molecule has 2 fully saturated rings. The second kappa shape index (κ2) is 23.4. The van der Waals surface area contributed by atoms with Crippen LogP contribution in [0.25, 0.3) is 0 Å². The lowest BCUT2D eigenvalue weighted by Crippen LogP contribution is -2.54. The summed E-state index contributed by atoms with van der Waals surface area (Å²) in [7, 11) is 1.74. The van der Waals surface area contributed by atoms with Gasteiger partial charge in [-0.1, -0.05) is 95.0 Å². The first-order valence-corrected chi connectivity index (χ1v) is 24.4. The number of amides is 5. The van der Waals surface area contributed by atoms with Crippen molar-refractivity contribution < 1.29 is 28.8 Å². The maximum atomic E-state index is 14.3. The van der Waals surface area contributed by atoms with Crippen molar-refractivity contribution in [2.75, 3.05) is 20.1 Å². The van der Waals surface area contributed by atoms with Gasteiger partial charge in [-0.05, 0) is 125 Å². The molecule has 0 bridgehead atoms. The molecule has 2 aliphatic heterocycles. The number of nitrogens with one attached hydrogen (secondary N) is 4. The molecule has 8 atom stereocenters. The average Bonchev–Trinajstić information content (AvgIpc) is 4.01. The second-order valence-corrected chi connectivity index (χ2v) is 18.7. The highest BCUT2D eigenvalue weighted by Gasteiger charge is 2.40. The smallest absolute Gasteiger partial charge is 0.245 e. The van der Waals surface area contributed by atoms with Crippen LogP contribution in [-0.2, 0) is 41.6 Å². The topological polar surface area (TPSA) is 157 Å². The zero-order chi connectivity index (χ0) is 44.9. The van der Waals surface area contributed by atoms with Crippen LogP contribution in [0.4, 0.5) is 0 Å². The van der Waals surface area contributed by atoms with E-state index in [1.807, 2.05) is 39.0 Å². The number of likely N-dealkylation sites (N-methyl/N-ethyl adjacent to an activating group) is 1. The lowest BCUT2D eigenvalue weighted by molar-refractivity contribution is -0.142. The minimum atomic E-state index is -0.756. The van der Waals surface area contributed by atoms with Crippen LogP contribution in [0.1, 0.15) is 164 Å².